The molecular weight excluding hydrogens is 190 g/mol. The first-order chi connectivity index (χ1) is 6.85. The molecule has 0 saturated heterocycles. The van der Waals surface area contributed by atoms with Crippen LogP contribution in [-0.4, -0.2) is 12.3 Å². The molecule has 1 aromatic carbocycles. The normalized spacial score (nSPS) is 18.9. The van der Waals surface area contributed by atoms with Crippen molar-refractivity contribution in [3.63, 3.8) is 0 Å². The lowest BCUT2D eigenvalue weighted by Crippen LogP contribution is -2.39. The summed E-state index contributed by atoms with van der Waals surface area (Å²) in [6.07, 6.45) is 4.01. The molecule has 0 amide bonds. The molecule has 0 bridgehead atoms. The van der Waals surface area contributed by atoms with E-state index in [0.29, 0.717) is 5.41 Å². The Morgan fingerprint density at radius 2 is 1.93 bits per heavy atom. The van der Waals surface area contributed by atoms with Crippen LogP contribution in [0.5, 0.6) is 0 Å². The van der Waals surface area contributed by atoms with Gasteiger partial charge in [-0.05, 0) is 36.9 Å². The highest BCUT2D eigenvalue weighted by Gasteiger charge is 2.35. The fourth-order valence-electron chi connectivity index (χ4n) is 1.84. The zero-order valence-corrected chi connectivity index (χ0v) is 9.22. The highest BCUT2D eigenvalue weighted by atomic mass is 32.2. The van der Waals surface area contributed by atoms with Gasteiger partial charge >= 0.3 is 0 Å². The monoisotopic (exact) mass is 207 g/mol. The van der Waals surface area contributed by atoms with Gasteiger partial charge in [0.1, 0.15) is 0 Å². The van der Waals surface area contributed by atoms with Gasteiger partial charge in [-0.3, -0.25) is 0 Å². The zero-order valence-electron chi connectivity index (χ0n) is 8.41. The van der Waals surface area contributed by atoms with Gasteiger partial charge in [-0.25, -0.2) is 0 Å². The van der Waals surface area contributed by atoms with E-state index in [4.69, 9.17) is 5.73 Å². The molecule has 1 saturated carbocycles. The van der Waals surface area contributed by atoms with Gasteiger partial charge in [0.2, 0.25) is 0 Å². The van der Waals surface area contributed by atoms with Gasteiger partial charge in [-0.15, -0.1) is 11.8 Å². The number of thioether (sulfide) groups is 1. The topological polar surface area (TPSA) is 26.0 Å². The maximum atomic E-state index is 5.82. The van der Waals surface area contributed by atoms with Crippen LogP contribution in [0.1, 0.15) is 19.3 Å². The van der Waals surface area contributed by atoms with Crippen molar-refractivity contribution in [2.24, 2.45) is 11.1 Å². The first-order valence-electron chi connectivity index (χ1n) is 5.23. The molecule has 76 valence electrons. The molecule has 0 radical (unpaired) electrons. The lowest BCUT2D eigenvalue weighted by Gasteiger charge is -2.40. The van der Waals surface area contributed by atoms with Crippen molar-refractivity contribution in [2.45, 2.75) is 24.2 Å². The number of rotatable bonds is 4. The number of nitrogens with two attached hydrogens (primary N) is 1. The second-order valence-electron chi connectivity index (χ2n) is 4.16. The molecule has 0 unspecified atom stereocenters. The van der Waals surface area contributed by atoms with Crippen LogP contribution in [0, 0.1) is 5.41 Å². The summed E-state index contributed by atoms with van der Waals surface area (Å²) < 4.78 is 0. The summed E-state index contributed by atoms with van der Waals surface area (Å²) in [5.41, 5.74) is 6.28. The Morgan fingerprint density at radius 1 is 1.21 bits per heavy atom. The highest BCUT2D eigenvalue weighted by molar-refractivity contribution is 7.99. The third kappa shape index (κ3) is 2.12. The molecule has 1 aliphatic rings. The summed E-state index contributed by atoms with van der Waals surface area (Å²) in [4.78, 5) is 1.37. The zero-order chi connectivity index (χ0) is 9.86. The Balaban J connectivity index is 1.88. The molecule has 2 rings (SSSR count). The van der Waals surface area contributed by atoms with Gasteiger partial charge in [0.05, 0.1) is 0 Å². The Bertz CT molecular complexity index is 274. The van der Waals surface area contributed by atoms with Gasteiger partial charge in [0, 0.05) is 10.6 Å². The van der Waals surface area contributed by atoms with Crippen molar-refractivity contribution in [1.29, 1.82) is 0 Å². The SMILES string of the molecule is NCC1(CSc2ccccc2)CCC1. The molecule has 1 aliphatic carbocycles. The molecule has 1 fully saturated rings. The number of benzene rings is 1. The summed E-state index contributed by atoms with van der Waals surface area (Å²) in [6, 6.07) is 10.6. The molecule has 0 spiro atoms. The summed E-state index contributed by atoms with van der Waals surface area (Å²) in [7, 11) is 0. The number of hydrogen-bond acceptors (Lipinski definition) is 2. The summed E-state index contributed by atoms with van der Waals surface area (Å²) in [5, 5.41) is 0. The van der Waals surface area contributed by atoms with Crippen LogP contribution in [0.25, 0.3) is 0 Å². The maximum absolute atomic E-state index is 5.82. The van der Waals surface area contributed by atoms with E-state index in [1.807, 2.05) is 11.8 Å². The maximum Gasteiger partial charge on any atom is 0.00721 e. The Kier molecular flexibility index (Phi) is 3.14. The quantitative estimate of drug-likeness (QED) is 0.768. The van der Waals surface area contributed by atoms with E-state index in [-0.39, 0.29) is 0 Å². The summed E-state index contributed by atoms with van der Waals surface area (Å²) in [5.74, 6) is 1.19. The standard InChI is InChI=1S/C12H17NS/c13-9-12(7-4-8-12)10-14-11-5-2-1-3-6-11/h1-3,5-6H,4,7-10,13H2. The largest absolute Gasteiger partial charge is 0.330 e. The van der Waals surface area contributed by atoms with E-state index in [1.165, 1.54) is 29.9 Å². The van der Waals surface area contributed by atoms with Crippen LogP contribution in [-0.2, 0) is 0 Å². The average molecular weight is 207 g/mol. The molecule has 0 aromatic heterocycles. The molecule has 2 heteroatoms. The van der Waals surface area contributed by atoms with Gasteiger partial charge in [0.25, 0.3) is 0 Å². The Labute approximate surface area is 90.1 Å². The fourth-order valence-corrected chi connectivity index (χ4v) is 3.07. The molecular formula is C12H17NS. The first-order valence-corrected chi connectivity index (χ1v) is 6.21. The molecule has 0 aliphatic heterocycles. The van der Waals surface area contributed by atoms with Gasteiger partial charge < -0.3 is 5.73 Å². The summed E-state index contributed by atoms with van der Waals surface area (Å²) in [6.45, 7) is 0.854. The minimum Gasteiger partial charge on any atom is -0.330 e. The molecule has 2 N–H and O–H groups in total. The van der Waals surface area contributed by atoms with Gasteiger partial charge in [0.15, 0.2) is 0 Å². The van der Waals surface area contributed by atoms with E-state index in [2.05, 4.69) is 30.3 Å². The van der Waals surface area contributed by atoms with Crippen molar-refractivity contribution in [3.8, 4) is 0 Å². The lowest BCUT2D eigenvalue weighted by atomic mass is 9.70. The number of hydrogen-bond donors (Lipinski definition) is 1. The second kappa shape index (κ2) is 4.37. The van der Waals surface area contributed by atoms with Crippen molar-refractivity contribution in [2.75, 3.05) is 12.3 Å². The van der Waals surface area contributed by atoms with E-state index in [0.717, 1.165) is 6.54 Å². The molecule has 0 heterocycles. The predicted octanol–water partition coefficient (Wildman–Crippen LogP) is 2.91. The Morgan fingerprint density at radius 3 is 2.43 bits per heavy atom. The first kappa shape index (κ1) is 10.1. The van der Waals surface area contributed by atoms with Crippen LogP contribution in [0.15, 0.2) is 35.2 Å². The van der Waals surface area contributed by atoms with E-state index < -0.39 is 0 Å². The van der Waals surface area contributed by atoms with E-state index in [9.17, 15) is 0 Å². The highest BCUT2D eigenvalue weighted by Crippen LogP contribution is 2.43. The third-order valence-corrected chi connectivity index (χ3v) is 4.50. The van der Waals surface area contributed by atoms with E-state index >= 15 is 0 Å². The van der Waals surface area contributed by atoms with Crippen LogP contribution in [0.2, 0.25) is 0 Å². The van der Waals surface area contributed by atoms with E-state index in [1.54, 1.807) is 0 Å². The minimum absolute atomic E-state index is 0.459. The van der Waals surface area contributed by atoms with Crippen molar-refractivity contribution in [1.82, 2.24) is 0 Å². The summed E-state index contributed by atoms with van der Waals surface area (Å²) >= 11 is 1.95. The minimum atomic E-state index is 0.459. The van der Waals surface area contributed by atoms with Gasteiger partial charge in [-0.1, -0.05) is 24.6 Å². The smallest absolute Gasteiger partial charge is 0.00721 e. The molecule has 1 nitrogen and oxygen atoms in total. The molecule has 1 aromatic rings. The Hall–Kier alpha value is -0.470. The molecule has 14 heavy (non-hydrogen) atoms. The van der Waals surface area contributed by atoms with Gasteiger partial charge in [-0.2, -0.15) is 0 Å². The van der Waals surface area contributed by atoms with Crippen LogP contribution in [0.3, 0.4) is 0 Å². The second-order valence-corrected chi connectivity index (χ2v) is 5.21. The fraction of sp³-hybridized carbons (Fsp3) is 0.500. The van der Waals surface area contributed by atoms with Crippen LogP contribution in [0.4, 0.5) is 0 Å². The third-order valence-electron chi connectivity index (χ3n) is 3.14. The van der Waals surface area contributed by atoms with Crippen molar-refractivity contribution < 1.29 is 0 Å². The van der Waals surface area contributed by atoms with Crippen molar-refractivity contribution >= 4 is 11.8 Å². The van der Waals surface area contributed by atoms with Crippen LogP contribution >= 0.6 is 11.8 Å². The average Bonchev–Trinajstić information content (AvgIpc) is 2.19. The van der Waals surface area contributed by atoms with Crippen LogP contribution < -0.4 is 5.73 Å². The predicted molar refractivity (Wildman–Crippen MR) is 62.5 cm³/mol. The lowest BCUT2D eigenvalue weighted by molar-refractivity contribution is 0.180. The van der Waals surface area contributed by atoms with Crippen molar-refractivity contribution in [3.05, 3.63) is 30.3 Å². The molecule has 0 atom stereocenters.